The summed E-state index contributed by atoms with van der Waals surface area (Å²) in [5.41, 5.74) is 0.287. The lowest BCUT2D eigenvalue weighted by atomic mass is 10.0. The number of hydrogen-bond acceptors (Lipinski definition) is 8. The molecule has 0 spiro atoms. The van der Waals surface area contributed by atoms with Crippen molar-refractivity contribution in [2.24, 2.45) is 0 Å². The highest BCUT2D eigenvalue weighted by atomic mass is 35.5. The molecule has 2 unspecified atom stereocenters. The normalized spacial score (nSPS) is 19.6. The van der Waals surface area contributed by atoms with Crippen molar-refractivity contribution in [1.29, 1.82) is 0 Å². The zero-order chi connectivity index (χ0) is 22.9. The SMILES string of the molecule is CCC1CN(c2c(S(C)(=O)=O)ccc(C(=O)c3cnn(CC)c3O)c2Cl)CC(OC)O1. The molecule has 2 aromatic rings. The van der Waals surface area contributed by atoms with Gasteiger partial charge in [0.2, 0.25) is 11.7 Å². The van der Waals surface area contributed by atoms with Crippen LogP contribution in [0.1, 0.15) is 36.2 Å². The first-order valence-corrected chi connectivity index (χ1v) is 12.1. The maximum absolute atomic E-state index is 13.1. The minimum absolute atomic E-state index is 0.00846. The number of anilines is 1. The fourth-order valence-electron chi connectivity index (χ4n) is 3.57. The van der Waals surface area contributed by atoms with Gasteiger partial charge in [-0.3, -0.25) is 4.79 Å². The van der Waals surface area contributed by atoms with Crippen LogP contribution in [0, 0.1) is 0 Å². The third-order valence-corrected chi connectivity index (χ3v) is 6.76. The number of methoxy groups -OCH3 is 1. The van der Waals surface area contributed by atoms with Crippen molar-refractivity contribution < 1.29 is 27.8 Å². The molecular weight excluding hydrogens is 446 g/mol. The van der Waals surface area contributed by atoms with Crippen molar-refractivity contribution in [1.82, 2.24) is 9.78 Å². The van der Waals surface area contributed by atoms with E-state index in [1.54, 1.807) is 11.8 Å². The lowest BCUT2D eigenvalue weighted by Gasteiger charge is -2.39. The largest absolute Gasteiger partial charge is 0.493 e. The van der Waals surface area contributed by atoms with Gasteiger partial charge in [-0.25, -0.2) is 13.1 Å². The molecule has 0 bridgehead atoms. The number of nitrogens with zero attached hydrogens (tertiary/aromatic N) is 3. The average Bonchev–Trinajstić information content (AvgIpc) is 3.12. The third-order valence-electron chi connectivity index (χ3n) is 5.25. The van der Waals surface area contributed by atoms with Gasteiger partial charge >= 0.3 is 0 Å². The topological polar surface area (TPSA) is 111 Å². The molecule has 1 aliphatic rings. The van der Waals surface area contributed by atoms with E-state index >= 15 is 0 Å². The van der Waals surface area contributed by atoms with Crippen molar-refractivity contribution in [3.05, 3.63) is 34.5 Å². The molecular formula is C20H26ClN3O6S. The van der Waals surface area contributed by atoms with E-state index in [9.17, 15) is 18.3 Å². The molecule has 0 saturated carbocycles. The standard InChI is InChI=1S/C20H26ClN3O6S/c1-5-12-10-23(11-16(29-3)30-12)18-15(31(4,27)28)8-7-13(17(18)21)19(25)14-9-22-24(6-2)20(14)26/h7-9,12,16,26H,5-6,10-11H2,1-4H3. The monoisotopic (exact) mass is 471 g/mol. The molecule has 2 heterocycles. The van der Waals surface area contributed by atoms with E-state index in [1.807, 2.05) is 6.92 Å². The van der Waals surface area contributed by atoms with Crippen molar-refractivity contribution in [3.8, 4) is 5.88 Å². The Morgan fingerprint density at radius 3 is 2.58 bits per heavy atom. The predicted octanol–water partition coefficient (Wildman–Crippen LogP) is 2.48. The molecule has 2 atom stereocenters. The minimum atomic E-state index is -3.65. The van der Waals surface area contributed by atoms with Gasteiger partial charge in [0.05, 0.1) is 34.5 Å². The zero-order valence-corrected chi connectivity index (χ0v) is 19.4. The third kappa shape index (κ3) is 4.57. The number of benzene rings is 1. The predicted molar refractivity (Wildman–Crippen MR) is 116 cm³/mol. The van der Waals surface area contributed by atoms with Gasteiger partial charge in [0.15, 0.2) is 16.1 Å². The van der Waals surface area contributed by atoms with Crippen LogP contribution in [0.5, 0.6) is 5.88 Å². The zero-order valence-electron chi connectivity index (χ0n) is 17.8. The molecule has 9 nitrogen and oxygen atoms in total. The highest BCUT2D eigenvalue weighted by molar-refractivity contribution is 7.90. The number of carbonyl (C=O) groups is 1. The van der Waals surface area contributed by atoms with Gasteiger partial charge in [0.1, 0.15) is 5.56 Å². The van der Waals surface area contributed by atoms with E-state index in [1.165, 1.54) is 30.1 Å². The quantitative estimate of drug-likeness (QED) is 0.613. The van der Waals surface area contributed by atoms with Crippen LogP contribution in [0.25, 0.3) is 0 Å². The number of ketones is 1. The van der Waals surface area contributed by atoms with Crippen LogP contribution < -0.4 is 4.90 Å². The summed E-state index contributed by atoms with van der Waals surface area (Å²) >= 11 is 6.66. The Morgan fingerprint density at radius 2 is 2.03 bits per heavy atom. The summed E-state index contributed by atoms with van der Waals surface area (Å²) in [7, 11) is -2.15. The molecule has 1 N–H and O–H groups in total. The minimum Gasteiger partial charge on any atom is -0.493 e. The molecule has 11 heteroatoms. The molecule has 170 valence electrons. The van der Waals surface area contributed by atoms with Gasteiger partial charge < -0.3 is 19.5 Å². The van der Waals surface area contributed by atoms with Crippen molar-refractivity contribution in [2.45, 2.75) is 44.1 Å². The van der Waals surface area contributed by atoms with E-state index in [2.05, 4.69) is 5.10 Å². The lowest BCUT2D eigenvalue weighted by Crippen LogP contribution is -2.48. The fraction of sp³-hybridized carbons (Fsp3) is 0.500. The van der Waals surface area contributed by atoms with Crippen LogP contribution in [0.3, 0.4) is 0 Å². The Hall–Kier alpha value is -2.14. The smallest absolute Gasteiger partial charge is 0.220 e. The Kier molecular flexibility index (Phi) is 6.95. The first-order chi connectivity index (χ1) is 14.6. The van der Waals surface area contributed by atoms with Crippen LogP contribution >= 0.6 is 11.6 Å². The second-order valence-electron chi connectivity index (χ2n) is 7.31. The van der Waals surface area contributed by atoms with Crippen LogP contribution in [-0.4, -0.2) is 67.9 Å². The van der Waals surface area contributed by atoms with Gasteiger partial charge in [-0.05, 0) is 25.5 Å². The number of aromatic hydroxyl groups is 1. The van der Waals surface area contributed by atoms with Crippen molar-refractivity contribution >= 4 is 32.9 Å². The molecule has 31 heavy (non-hydrogen) atoms. The van der Waals surface area contributed by atoms with Crippen molar-refractivity contribution in [2.75, 3.05) is 31.4 Å². The van der Waals surface area contributed by atoms with E-state index in [0.717, 1.165) is 6.26 Å². The maximum Gasteiger partial charge on any atom is 0.220 e. The molecule has 1 aromatic heterocycles. The molecule has 1 aliphatic heterocycles. The van der Waals surface area contributed by atoms with Gasteiger partial charge in [0.25, 0.3) is 0 Å². The number of carbonyl (C=O) groups excluding carboxylic acids is 1. The summed E-state index contributed by atoms with van der Waals surface area (Å²) in [6, 6.07) is 2.72. The molecule has 1 aromatic carbocycles. The Balaban J connectivity index is 2.15. The molecule has 1 fully saturated rings. The first-order valence-electron chi connectivity index (χ1n) is 9.87. The highest BCUT2D eigenvalue weighted by Gasteiger charge is 2.33. The number of aromatic nitrogens is 2. The van der Waals surface area contributed by atoms with Gasteiger partial charge in [-0.2, -0.15) is 5.10 Å². The Morgan fingerprint density at radius 1 is 1.32 bits per heavy atom. The highest BCUT2D eigenvalue weighted by Crippen LogP contribution is 2.39. The number of sulfone groups is 1. The van der Waals surface area contributed by atoms with E-state index in [-0.39, 0.29) is 45.3 Å². The summed E-state index contributed by atoms with van der Waals surface area (Å²) < 4.78 is 37.5. The molecule has 0 amide bonds. The van der Waals surface area contributed by atoms with Gasteiger partial charge in [-0.1, -0.05) is 18.5 Å². The molecule has 1 saturated heterocycles. The van der Waals surface area contributed by atoms with Crippen LogP contribution in [0.2, 0.25) is 5.02 Å². The van der Waals surface area contributed by atoms with Crippen LogP contribution in [0.4, 0.5) is 5.69 Å². The second-order valence-corrected chi connectivity index (χ2v) is 9.67. The molecule has 3 rings (SSSR count). The van der Waals surface area contributed by atoms with Gasteiger partial charge in [-0.15, -0.1) is 0 Å². The number of aryl methyl sites for hydroxylation is 1. The first kappa shape index (κ1) is 23.5. The van der Waals surface area contributed by atoms with Crippen LogP contribution in [-0.2, 0) is 25.9 Å². The van der Waals surface area contributed by atoms with E-state index in [4.69, 9.17) is 21.1 Å². The van der Waals surface area contributed by atoms with Gasteiger partial charge in [0, 0.05) is 32.0 Å². The Bertz CT molecular complexity index is 1070. The summed E-state index contributed by atoms with van der Waals surface area (Å²) in [5.74, 6) is -0.818. The lowest BCUT2D eigenvalue weighted by molar-refractivity contribution is -0.162. The second kappa shape index (κ2) is 9.15. The summed E-state index contributed by atoms with van der Waals surface area (Å²) in [5, 5.41) is 14.3. The number of rotatable bonds is 7. The summed E-state index contributed by atoms with van der Waals surface area (Å²) in [4.78, 5) is 14.9. The number of hydrogen-bond donors (Lipinski definition) is 1. The summed E-state index contributed by atoms with van der Waals surface area (Å²) in [6.07, 6.45) is 2.27. The van der Waals surface area contributed by atoms with E-state index < -0.39 is 21.9 Å². The fourth-order valence-corrected chi connectivity index (χ4v) is 4.89. The van der Waals surface area contributed by atoms with Crippen LogP contribution in [0.15, 0.2) is 23.2 Å². The number of morpholine rings is 1. The maximum atomic E-state index is 13.1. The average molecular weight is 472 g/mol. The molecule has 0 radical (unpaired) electrons. The number of halogens is 1. The Labute approximate surface area is 186 Å². The van der Waals surface area contributed by atoms with E-state index in [0.29, 0.717) is 19.5 Å². The number of ether oxygens (including phenoxy) is 2. The molecule has 0 aliphatic carbocycles. The van der Waals surface area contributed by atoms with Crippen molar-refractivity contribution in [3.63, 3.8) is 0 Å². The summed E-state index contributed by atoms with van der Waals surface area (Å²) in [6.45, 7) is 4.74.